The Kier molecular flexibility index (Phi) is 11.1. The number of aryl methyl sites for hydroxylation is 1. The fourth-order valence-corrected chi connectivity index (χ4v) is 10.6. The Morgan fingerprint density at radius 1 is 0.895 bits per heavy atom. The molecule has 2 N–H and O–H groups in total. The van der Waals surface area contributed by atoms with E-state index < -0.39 is 22.0 Å². The van der Waals surface area contributed by atoms with Crippen molar-refractivity contribution in [2.24, 2.45) is 13.0 Å². The van der Waals surface area contributed by atoms with Crippen LogP contribution in [0, 0.1) is 17.2 Å². The Morgan fingerprint density at radius 2 is 1.61 bits per heavy atom. The lowest BCUT2D eigenvalue weighted by Gasteiger charge is -2.39. The Labute approximate surface area is 336 Å². The lowest BCUT2D eigenvalue weighted by atomic mass is 9.88. The molecule has 15 nitrogen and oxygen atoms in total. The van der Waals surface area contributed by atoms with Gasteiger partial charge in [0.1, 0.15) is 12.1 Å². The largest absolute Gasteiger partial charge is 0.370 e. The second kappa shape index (κ2) is 16.2. The van der Waals surface area contributed by atoms with Gasteiger partial charge in [0.25, 0.3) is 0 Å². The van der Waals surface area contributed by atoms with Crippen molar-refractivity contribution in [3.8, 4) is 6.07 Å². The highest BCUT2D eigenvalue weighted by Crippen LogP contribution is 2.34. The molecule has 300 valence electrons. The van der Waals surface area contributed by atoms with Crippen molar-refractivity contribution in [2.75, 3.05) is 56.0 Å². The third kappa shape index (κ3) is 8.03. The number of imidazole rings is 1. The molecule has 6 heterocycles. The zero-order valence-electron chi connectivity index (χ0n) is 31.9. The predicted molar refractivity (Wildman–Crippen MR) is 216 cm³/mol. The number of likely N-dealkylation sites (tertiary alicyclic amines) is 1. The number of carbonyl (C=O) groups excluding carboxylic acids is 2. The van der Waals surface area contributed by atoms with Gasteiger partial charge >= 0.3 is 5.69 Å². The van der Waals surface area contributed by atoms with E-state index in [1.54, 1.807) is 29.8 Å². The van der Waals surface area contributed by atoms with Crippen LogP contribution in [0.2, 0.25) is 5.02 Å². The van der Waals surface area contributed by atoms with Gasteiger partial charge in [-0.3, -0.25) is 24.0 Å². The topological polar surface area (TPSA) is 179 Å². The lowest BCUT2D eigenvalue weighted by Crippen LogP contribution is -2.44. The van der Waals surface area contributed by atoms with Crippen molar-refractivity contribution in [3.63, 3.8) is 0 Å². The van der Waals surface area contributed by atoms with Gasteiger partial charge in [-0.2, -0.15) is 9.57 Å². The van der Waals surface area contributed by atoms with Crippen LogP contribution in [0.25, 0.3) is 11.0 Å². The number of piperidine rings is 4. The maximum absolute atomic E-state index is 13.8. The molecule has 2 amide bonds. The van der Waals surface area contributed by atoms with E-state index >= 15 is 0 Å². The number of rotatable bonds is 9. The molecule has 0 spiro atoms. The second-order valence-electron chi connectivity index (χ2n) is 15.8. The van der Waals surface area contributed by atoms with Gasteiger partial charge in [0.05, 0.1) is 44.6 Å². The van der Waals surface area contributed by atoms with Crippen LogP contribution in [0.15, 0.2) is 58.5 Å². The summed E-state index contributed by atoms with van der Waals surface area (Å²) < 4.78 is 32.2. The van der Waals surface area contributed by atoms with Gasteiger partial charge < -0.3 is 15.1 Å². The number of halogens is 1. The van der Waals surface area contributed by atoms with E-state index in [-0.39, 0.29) is 29.0 Å². The summed E-state index contributed by atoms with van der Waals surface area (Å²) in [4.78, 5) is 50.9. The maximum Gasteiger partial charge on any atom is 0.329 e. The number of imide groups is 1. The number of carbonyl (C=O) groups is 2. The molecule has 0 radical (unpaired) electrons. The highest BCUT2D eigenvalue weighted by molar-refractivity contribution is 7.89. The van der Waals surface area contributed by atoms with Crippen LogP contribution < -0.4 is 21.2 Å². The molecule has 4 aromatic rings. The average Bonchev–Trinajstić information content (AvgIpc) is 3.47. The van der Waals surface area contributed by atoms with Gasteiger partial charge in [-0.25, -0.2) is 23.2 Å². The molecule has 0 bridgehead atoms. The van der Waals surface area contributed by atoms with E-state index in [1.807, 2.05) is 6.07 Å². The van der Waals surface area contributed by atoms with Gasteiger partial charge in [-0.15, -0.1) is 0 Å². The number of nitrogens with zero attached hydrogens (tertiary/aromatic N) is 8. The third-order valence-corrected chi connectivity index (χ3v) is 14.4. The van der Waals surface area contributed by atoms with Crippen LogP contribution in [-0.2, 0) is 26.7 Å². The standard InChI is InChI=1S/C40H47ClN10O5S/c1-47-36-20-28(3-5-33(36)51(40(47)54)34-6-7-37(52)46-38(34)53)27-10-14-48(15-11-27)25-26-8-16-49(17-9-26)35-21-32(4-2-29(35)22-42)57(55,56)50-18-12-31(13-19-50)45-39-43-23-30(41)24-44-39/h2-5,20-21,23-24,26-27,31,34H,6-19,25H2,1H3,(H,43,44,45)(H,46,52,53). The number of aromatic nitrogens is 4. The number of sulfonamides is 1. The van der Waals surface area contributed by atoms with Crippen LogP contribution >= 0.6 is 11.6 Å². The van der Waals surface area contributed by atoms with Gasteiger partial charge in [0.15, 0.2) is 0 Å². The molecule has 4 saturated heterocycles. The van der Waals surface area contributed by atoms with E-state index in [9.17, 15) is 28.1 Å². The minimum Gasteiger partial charge on any atom is -0.370 e. The Morgan fingerprint density at radius 3 is 2.30 bits per heavy atom. The summed E-state index contributed by atoms with van der Waals surface area (Å²) in [6.45, 7) is 5.17. The number of benzene rings is 2. The number of hydrogen-bond acceptors (Lipinski definition) is 11. The predicted octanol–water partition coefficient (Wildman–Crippen LogP) is 3.99. The molecule has 1 unspecified atom stereocenters. The van der Waals surface area contributed by atoms with Crippen molar-refractivity contribution in [2.45, 2.75) is 74.3 Å². The second-order valence-corrected chi connectivity index (χ2v) is 18.1. The quantitative estimate of drug-likeness (QED) is 0.234. The highest BCUT2D eigenvalue weighted by Gasteiger charge is 2.34. The summed E-state index contributed by atoms with van der Waals surface area (Å²) in [5, 5.41) is 16.1. The lowest BCUT2D eigenvalue weighted by molar-refractivity contribution is -0.135. The van der Waals surface area contributed by atoms with Gasteiger partial charge in [0.2, 0.25) is 27.8 Å². The first kappa shape index (κ1) is 39.0. The van der Waals surface area contributed by atoms with Crippen molar-refractivity contribution in [1.82, 2.24) is 33.6 Å². The minimum absolute atomic E-state index is 0.0449. The molecule has 2 aromatic heterocycles. The molecule has 4 aliphatic rings. The number of anilines is 2. The number of nitriles is 1. The summed E-state index contributed by atoms with van der Waals surface area (Å²) in [6, 6.07) is 12.6. The molecular weight excluding hydrogens is 768 g/mol. The van der Waals surface area contributed by atoms with Crippen molar-refractivity contribution in [1.29, 1.82) is 5.26 Å². The molecule has 17 heteroatoms. The molecule has 57 heavy (non-hydrogen) atoms. The molecular formula is C40H47ClN10O5S. The van der Waals surface area contributed by atoms with Crippen molar-refractivity contribution < 1.29 is 18.0 Å². The van der Waals surface area contributed by atoms with E-state index in [1.165, 1.54) is 26.8 Å². The summed E-state index contributed by atoms with van der Waals surface area (Å²) in [7, 11) is -2.02. The minimum atomic E-state index is -3.75. The fraction of sp³-hybridized carbons (Fsp3) is 0.500. The van der Waals surface area contributed by atoms with Crippen LogP contribution in [0.1, 0.15) is 74.5 Å². The molecule has 4 fully saturated rings. The van der Waals surface area contributed by atoms with Gasteiger partial charge in [-0.05, 0) is 106 Å². The molecule has 1 atom stereocenters. The summed E-state index contributed by atoms with van der Waals surface area (Å²) >= 11 is 5.89. The normalized spacial score (nSPS) is 21.1. The van der Waals surface area contributed by atoms with E-state index in [4.69, 9.17) is 11.6 Å². The smallest absolute Gasteiger partial charge is 0.329 e. The molecule has 0 saturated carbocycles. The van der Waals surface area contributed by atoms with E-state index in [0.29, 0.717) is 71.9 Å². The maximum atomic E-state index is 13.8. The number of amides is 2. The molecule has 0 aliphatic carbocycles. The van der Waals surface area contributed by atoms with Crippen molar-refractivity contribution in [3.05, 3.63) is 75.4 Å². The number of nitrogens with one attached hydrogen (secondary N) is 2. The third-order valence-electron chi connectivity index (χ3n) is 12.3. The van der Waals surface area contributed by atoms with Crippen LogP contribution in [0.3, 0.4) is 0 Å². The Balaban J connectivity index is 0.845. The van der Waals surface area contributed by atoms with Gasteiger partial charge in [-0.1, -0.05) is 17.7 Å². The summed E-state index contributed by atoms with van der Waals surface area (Å²) in [5.41, 5.74) is 3.58. The summed E-state index contributed by atoms with van der Waals surface area (Å²) in [5.74, 6) is 0.592. The van der Waals surface area contributed by atoms with E-state index in [2.05, 4.69) is 48.6 Å². The van der Waals surface area contributed by atoms with Crippen LogP contribution in [0.4, 0.5) is 11.6 Å². The molecule has 8 rings (SSSR count). The Bertz CT molecular complexity index is 2370. The van der Waals surface area contributed by atoms with Crippen molar-refractivity contribution >= 4 is 56.1 Å². The zero-order valence-corrected chi connectivity index (χ0v) is 33.5. The number of fused-ring (bicyclic) bond motifs is 1. The SMILES string of the molecule is Cn1c(=O)n(C2CCC(=O)NC2=O)c2ccc(C3CCN(CC4CCN(c5cc(S(=O)(=O)N6CCC(Nc7ncc(Cl)cn7)CC6)ccc5C#N)CC4)CC3)cc21. The first-order valence-corrected chi connectivity index (χ1v) is 21.6. The average molecular weight is 815 g/mol. The summed E-state index contributed by atoms with van der Waals surface area (Å²) in [6.07, 6.45) is 8.71. The fourth-order valence-electron chi connectivity index (χ4n) is 9.02. The number of hydrogen-bond donors (Lipinski definition) is 2. The zero-order chi connectivity index (χ0) is 39.8. The monoisotopic (exact) mass is 814 g/mol. The first-order chi connectivity index (χ1) is 27.5. The van der Waals surface area contributed by atoms with Crippen LogP contribution in [0.5, 0.6) is 0 Å². The van der Waals surface area contributed by atoms with E-state index in [0.717, 1.165) is 63.9 Å². The van der Waals surface area contributed by atoms with Crippen LogP contribution in [-0.4, -0.2) is 100 Å². The Hall–Kier alpha value is -4.82. The highest BCUT2D eigenvalue weighted by atomic mass is 35.5. The first-order valence-electron chi connectivity index (χ1n) is 19.8. The van der Waals surface area contributed by atoms with Gasteiger partial charge in [0, 0.05) is 52.2 Å². The molecule has 4 aliphatic heterocycles. The molecule has 2 aromatic carbocycles.